The van der Waals surface area contributed by atoms with Crippen LogP contribution in [0.5, 0.6) is 0 Å². The van der Waals surface area contributed by atoms with Crippen molar-refractivity contribution in [3.8, 4) is 0 Å². The lowest BCUT2D eigenvalue weighted by Gasteiger charge is -2.33. The summed E-state index contributed by atoms with van der Waals surface area (Å²) in [6.45, 7) is 5.65. The highest BCUT2D eigenvalue weighted by molar-refractivity contribution is 7.87. The van der Waals surface area contributed by atoms with Crippen LogP contribution in [0.2, 0.25) is 0 Å². The number of benzene rings is 4. The molecule has 0 bridgehead atoms. The van der Waals surface area contributed by atoms with Gasteiger partial charge < -0.3 is 0 Å². The number of hydrogen-bond donors (Lipinski definition) is 0. The Kier molecular flexibility index (Phi) is 10.4. The van der Waals surface area contributed by atoms with Crippen molar-refractivity contribution >= 4 is 31.7 Å². The van der Waals surface area contributed by atoms with Crippen molar-refractivity contribution in [1.82, 2.24) is 0 Å². The molecule has 0 spiro atoms. The molecule has 0 saturated carbocycles. The zero-order valence-electron chi connectivity index (χ0n) is 26.2. The molecule has 0 N–H and O–H groups in total. The van der Waals surface area contributed by atoms with Crippen molar-refractivity contribution in [2.24, 2.45) is 10.3 Å². The Bertz CT molecular complexity index is 2080. The predicted molar refractivity (Wildman–Crippen MR) is 169 cm³/mol. The van der Waals surface area contributed by atoms with Gasteiger partial charge in [0.15, 0.2) is 5.71 Å². The van der Waals surface area contributed by atoms with Crippen molar-refractivity contribution in [3.63, 3.8) is 0 Å². The maximum absolute atomic E-state index is 14.7. The van der Waals surface area contributed by atoms with Gasteiger partial charge >= 0.3 is 32.6 Å². The highest BCUT2D eigenvalue weighted by Crippen LogP contribution is 2.46. The summed E-state index contributed by atoms with van der Waals surface area (Å²) in [5.74, 6) is 0. The van der Waals surface area contributed by atoms with E-state index in [0.29, 0.717) is 5.56 Å². The fourth-order valence-electron chi connectivity index (χ4n) is 4.51. The minimum absolute atomic E-state index is 0.0332. The molecule has 0 radical (unpaired) electrons. The third-order valence-corrected chi connectivity index (χ3v) is 9.81. The molecular formula is C33H28F6N2O6S2. The van der Waals surface area contributed by atoms with Crippen molar-refractivity contribution in [2.45, 2.75) is 55.3 Å². The second kappa shape index (κ2) is 13.7. The number of nitrogens with zero attached hydrogens (tertiary/aromatic N) is 2. The van der Waals surface area contributed by atoms with Gasteiger partial charge in [0.2, 0.25) is 0 Å². The van der Waals surface area contributed by atoms with Crippen LogP contribution >= 0.6 is 0 Å². The molecule has 49 heavy (non-hydrogen) atoms. The Morgan fingerprint density at radius 1 is 0.571 bits per heavy atom. The first-order valence-electron chi connectivity index (χ1n) is 14.1. The summed E-state index contributed by atoms with van der Waals surface area (Å²) in [5.41, 5.74) is -4.24. The fourth-order valence-corrected chi connectivity index (χ4v) is 6.00. The molecule has 0 saturated heterocycles. The van der Waals surface area contributed by atoms with Crippen molar-refractivity contribution in [3.05, 3.63) is 130 Å². The molecule has 0 aliphatic rings. The van der Waals surface area contributed by atoms with Gasteiger partial charge in [0.05, 0.1) is 5.71 Å². The van der Waals surface area contributed by atoms with E-state index in [1.54, 1.807) is 26.0 Å². The van der Waals surface area contributed by atoms with Crippen molar-refractivity contribution < 1.29 is 51.7 Å². The van der Waals surface area contributed by atoms with Crippen LogP contribution in [0.25, 0.3) is 0 Å². The SMILES string of the molecule is C/C(=N/OS(=O)(=O)c1ccc(C)cc1)c1ccc(C(C)(c2ccc(/C(=N/OS(=O)(=O)c3ccc(C)cc3)C(F)(F)F)cc2)C(F)(F)F)cc1. The van der Waals surface area contributed by atoms with Gasteiger partial charge in [-0.05, 0) is 68.7 Å². The van der Waals surface area contributed by atoms with Crippen LogP contribution in [0.4, 0.5) is 26.3 Å². The van der Waals surface area contributed by atoms with E-state index >= 15 is 0 Å². The largest absolute Gasteiger partial charge is 0.437 e. The molecule has 0 fully saturated rings. The molecule has 4 aromatic carbocycles. The van der Waals surface area contributed by atoms with Crippen LogP contribution in [-0.4, -0.2) is 40.6 Å². The monoisotopic (exact) mass is 726 g/mol. The number of halogens is 6. The minimum atomic E-state index is -5.24. The Hall–Kier alpha value is -4.70. The quantitative estimate of drug-likeness (QED) is 0.0932. The second-order valence-corrected chi connectivity index (χ2v) is 14.1. The summed E-state index contributed by atoms with van der Waals surface area (Å²) in [7, 11) is -9.01. The molecule has 0 aliphatic heterocycles. The highest BCUT2D eigenvalue weighted by atomic mass is 32.2. The van der Waals surface area contributed by atoms with Crippen LogP contribution < -0.4 is 0 Å². The molecule has 0 aliphatic carbocycles. The second-order valence-electron chi connectivity index (χ2n) is 11.1. The summed E-state index contributed by atoms with van der Waals surface area (Å²) in [4.78, 5) is -0.600. The minimum Gasteiger partial charge on any atom is -0.265 e. The van der Waals surface area contributed by atoms with Gasteiger partial charge in [0.1, 0.15) is 15.2 Å². The maximum atomic E-state index is 14.7. The molecule has 0 amide bonds. The Labute approximate surface area is 278 Å². The first-order chi connectivity index (χ1) is 22.6. The summed E-state index contributed by atoms with van der Waals surface area (Å²) in [5, 5.41) is 6.45. The topological polar surface area (TPSA) is 111 Å². The lowest BCUT2D eigenvalue weighted by molar-refractivity contribution is -0.173. The van der Waals surface area contributed by atoms with E-state index in [0.717, 1.165) is 61.0 Å². The number of aryl methyl sites for hydroxylation is 2. The van der Waals surface area contributed by atoms with Gasteiger partial charge in [-0.1, -0.05) is 94.2 Å². The number of alkyl halides is 6. The van der Waals surface area contributed by atoms with Crippen LogP contribution in [0.3, 0.4) is 0 Å². The van der Waals surface area contributed by atoms with E-state index in [-0.39, 0.29) is 21.7 Å². The third-order valence-electron chi connectivity index (χ3n) is 7.57. The molecule has 0 heterocycles. The van der Waals surface area contributed by atoms with Crippen LogP contribution in [-0.2, 0) is 34.2 Å². The number of oxime groups is 2. The first kappa shape index (κ1) is 37.1. The molecule has 8 nitrogen and oxygen atoms in total. The number of rotatable bonds is 10. The Balaban J connectivity index is 1.62. The fraction of sp³-hybridized carbons (Fsp3) is 0.212. The van der Waals surface area contributed by atoms with E-state index in [2.05, 4.69) is 14.6 Å². The predicted octanol–water partition coefficient (Wildman–Crippen LogP) is 7.97. The third kappa shape index (κ3) is 8.31. The average molecular weight is 727 g/mol. The van der Waals surface area contributed by atoms with Crippen LogP contribution in [0.15, 0.2) is 117 Å². The first-order valence-corrected chi connectivity index (χ1v) is 17.0. The summed E-state index contributed by atoms with van der Waals surface area (Å²) >= 11 is 0. The zero-order valence-corrected chi connectivity index (χ0v) is 27.8. The molecule has 16 heteroatoms. The number of hydrogen-bond acceptors (Lipinski definition) is 8. The molecular weight excluding hydrogens is 698 g/mol. The van der Waals surface area contributed by atoms with Gasteiger partial charge in [0, 0.05) is 5.56 Å². The molecule has 1 unspecified atom stereocenters. The van der Waals surface area contributed by atoms with Crippen molar-refractivity contribution in [1.29, 1.82) is 0 Å². The highest BCUT2D eigenvalue weighted by Gasteiger charge is 2.53. The van der Waals surface area contributed by atoms with Gasteiger partial charge in [-0.25, -0.2) is 0 Å². The van der Waals surface area contributed by atoms with Gasteiger partial charge in [0.25, 0.3) is 0 Å². The molecule has 260 valence electrons. The standard InChI is InChI=1S/C33H28F6N2O6S2/c1-21-5-17-28(18-6-21)48(42,43)46-40-23(3)24-9-13-26(14-10-24)31(4,33(37,38)39)27-15-11-25(12-16-27)30(32(34,35)36)41-47-49(44,45)29-19-7-22(2)8-20-29/h5-20H,1-4H3/b40-23-,41-30-. The van der Waals surface area contributed by atoms with Gasteiger partial charge in [-0.2, -0.15) is 43.2 Å². The average Bonchev–Trinajstić information content (AvgIpc) is 3.03. The summed E-state index contributed by atoms with van der Waals surface area (Å²) in [6.07, 6.45) is -10.2. The molecule has 4 aromatic rings. The Morgan fingerprint density at radius 2 is 0.939 bits per heavy atom. The molecule has 1 atom stereocenters. The van der Waals surface area contributed by atoms with E-state index in [9.17, 15) is 43.2 Å². The maximum Gasteiger partial charge on any atom is 0.437 e. The van der Waals surface area contributed by atoms with Crippen molar-refractivity contribution in [2.75, 3.05) is 0 Å². The summed E-state index contributed by atoms with van der Waals surface area (Å²) < 4.78 is 145. The lowest BCUT2D eigenvalue weighted by atomic mass is 9.75. The van der Waals surface area contributed by atoms with Gasteiger partial charge in [-0.15, -0.1) is 0 Å². The van der Waals surface area contributed by atoms with E-state index in [1.807, 2.05) is 0 Å². The molecule has 0 aromatic heterocycles. The zero-order chi connectivity index (χ0) is 36.4. The van der Waals surface area contributed by atoms with Crippen LogP contribution in [0.1, 0.15) is 47.2 Å². The van der Waals surface area contributed by atoms with E-state index in [4.69, 9.17) is 4.28 Å². The smallest absolute Gasteiger partial charge is 0.265 e. The normalized spacial score (nSPS) is 14.7. The lowest BCUT2D eigenvalue weighted by Crippen LogP contribution is -2.40. The Morgan fingerprint density at radius 3 is 1.31 bits per heavy atom. The summed E-state index contributed by atoms with van der Waals surface area (Å²) in [6, 6.07) is 18.7. The van der Waals surface area contributed by atoms with E-state index in [1.165, 1.54) is 43.3 Å². The van der Waals surface area contributed by atoms with E-state index < -0.39 is 59.7 Å². The van der Waals surface area contributed by atoms with Crippen LogP contribution in [0, 0.1) is 13.8 Å². The van der Waals surface area contributed by atoms with Gasteiger partial charge in [-0.3, -0.25) is 8.57 Å². The molecule has 4 rings (SSSR count).